The van der Waals surface area contributed by atoms with Crippen molar-refractivity contribution in [1.29, 1.82) is 0 Å². The molecule has 8 nitrogen and oxygen atoms in total. The average Bonchev–Trinajstić information content (AvgIpc) is 2.89. The van der Waals surface area contributed by atoms with Crippen LogP contribution in [0.3, 0.4) is 0 Å². The fourth-order valence-electron chi connectivity index (χ4n) is 4.52. The molecule has 0 bridgehead atoms. The Balaban J connectivity index is 1.74. The van der Waals surface area contributed by atoms with Crippen molar-refractivity contribution >= 4 is 23.6 Å². The van der Waals surface area contributed by atoms with Gasteiger partial charge in [-0.3, -0.25) is 4.79 Å². The van der Waals surface area contributed by atoms with Gasteiger partial charge in [-0.15, -0.1) is 0 Å². The summed E-state index contributed by atoms with van der Waals surface area (Å²) in [6.07, 6.45) is 1.66. The number of carbonyl (C=O) groups is 2. The lowest BCUT2D eigenvalue weighted by atomic mass is 9.94. The topological polar surface area (TPSA) is 100 Å². The third-order valence-corrected chi connectivity index (χ3v) is 7.04. The molecule has 1 aliphatic heterocycles. The van der Waals surface area contributed by atoms with Gasteiger partial charge in [0.05, 0.1) is 6.61 Å². The normalized spacial score (nSPS) is 17.1. The van der Waals surface area contributed by atoms with E-state index in [0.29, 0.717) is 23.0 Å². The highest BCUT2D eigenvalue weighted by molar-refractivity contribution is 6.30. The summed E-state index contributed by atoms with van der Waals surface area (Å²) in [6, 6.07) is 13.1. The van der Waals surface area contributed by atoms with Gasteiger partial charge in [0.15, 0.2) is 0 Å². The van der Waals surface area contributed by atoms with Crippen LogP contribution in [0.1, 0.15) is 52.4 Å². The highest BCUT2D eigenvalue weighted by atomic mass is 35.5. The van der Waals surface area contributed by atoms with E-state index in [2.05, 4.69) is 10.6 Å². The van der Waals surface area contributed by atoms with E-state index in [4.69, 9.17) is 26.2 Å². The first-order valence-corrected chi connectivity index (χ1v) is 13.1. The van der Waals surface area contributed by atoms with Crippen molar-refractivity contribution in [2.45, 2.75) is 38.3 Å². The molecule has 1 fully saturated rings. The van der Waals surface area contributed by atoms with Gasteiger partial charge in [-0.1, -0.05) is 29.8 Å². The molecule has 2 aromatic rings. The van der Waals surface area contributed by atoms with Crippen LogP contribution in [0.2, 0.25) is 5.02 Å². The number of amides is 2. The van der Waals surface area contributed by atoms with Crippen LogP contribution in [0.25, 0.3) is 0 Å². The molecule has 0 saturated carbocycles. The minimum absolute atomic E-state index is 0.156. The Kier molecular flexibility index (Phi) is 11.2. The SMILES string of the molecule is CN[C@@H](CNC(=O)c1ccc(C)c(C(OCCN(C)C(=O)O)c2cccc(Cl)c2)c1)C[C@H]1CCCOC1. The number of carbonyl (C=O) groups excluding carboxylic acids is 1. The molecule has 202 valence electrons. The van der Waals surface area contributed by atoms with Gasteiger partial charge in [0.2, 0.25) is 0 Å². The van der Waals surface area contributed by atoms with Crippen molar-refractivity contribution in [1.82, 2.24) is 15.5 Å². The first-order chi connectivity index (χ1) is 17.8. The maximum absolute atomic E-state index is 13.1. The van der Waals surface area contributed by atoms with Gasteiger partial charge < -0.3 is 30.1 Å². The van der Waals surface area contributed by atoms with E-state index in [1.54, 1.807) is 6.07 Å². The minimum atomic E-state index is -1.02. The first kappa shape index (κ1) is 28.9. The van der Waals surface area contributed by atoms with Crippen LogP contribution in [0, 0.1) is 12.8 Å². The second-order valence-electron chi connectivity index (χ2n) is 9.60. The molecule has 2 aromatic carbocycles. The van der Waals surface area contributed by atoms with Crippen molar-refractivity contribution in [3.05, 3.63) is 69.7 Å². The molecule has 3 atom stereocenters. The van der Waals surface area contributed by atoms with Crippen LogP contribution in [-0.2, 0) is 9.47 Å². The lowest BCUT2D eigenvalue weighted by Crippen LogP contribution is -2.41. The smallest absolute Gasteiger partial charge is 0.407 e. The van der Waals surface area contributed by atoms with Gasteiger partial charge in [0, 0.05) is 50.0 Å². The predicted octanol–water partition coefficient (Wildman–Crippen LogP) is 4.50. The third kappa shape index (κ3) is 8.71. The number of benzene rings is 2. The van der Waals surface area contributed by atoms with E-state index >= 15 is 0 Å². The molecule has 3 N–H and O–H groups in total. The Morgan fingerprint density at radius 1 is 1.27 bits per heavy atom. The summed E-state index contributed by atoms with van der Waals surface area (Å²) in [7, 11) is 3.41. The molecule has 2 amide bonds. The number of nitrogens with zero attached hydrogens (tertiary/aromatic N) is 1. The lowest BCUT2D eigenvalue weighted by molar-refractivity contribution is 0.0478. The van der Waals surface area contributed by atoms with Crippen molar-refractivity contribution in [3.63, 3.8) is 0 Å². The Bertz CT molecular complexity index is 1040. The minimum Gasteiger partial charge on any atom is -0.465 e. The van der Waals surface area contributed by atoms with E-state index < -0.39 is 12.2 Å². The average molecular weight is 532 g/mol. The van der Waals surface area contributed by atoms with E-state index in [9.17, 15) is 9.59 Å². The number of rotatable bonds is 12. The summed E-state index contributed by atoms with van der Waals surface area (Å²) in [5.41, 5.74) is 3.15. The molecule has 1 heterocycles. The number of hydrogen-bond acceptors (Lipinski definition) is 5. The Labute approximate surface area is 224 Å². The zero-order valence-electron chi connectivity index (χ0n) is 21.8. The molecule has 0 aromatic heterocycles. The van der Waals surface area contributed by atoms with Crippen LogP contribution in [-0.4, -0.2) is 75.1 Å². The molecule has 0 spiro atoms. The standard InChI is InChI=1S/C28H38ClN3O5/c1-19-9-10-22(27(33)31-17-24(30-2)14-20-6-5-12-36-18-20)16-25(19)26(21-7-4-8-23(29)15-21)37-13-11-32(3)28(34)35/h4,7-10,15-16,20,24,26,30H,5-6,11-14,17-18H2,1-3H3,(H,31,33)(H,34,35)/t20-,24-,26?/m1/s1. The highest BCUT2D eigenvalue weighted by Gasteiger charge is 2.22. The van der Waals surface area contributed by atoms with Crippen LogP contribution in [0.5, 0.6) is 0 Å². The fourth-order valence-corrected chi connectivity index (χ4v) is 4.72. The van der Waals surface area contributed by atoms with Crippen molar-refractivity contribution in [2.24, 2.45) is 5.92 Å². The summed E-state index contributed by atoms with van der Waals surface area (Å²) in [5, 5.41) is 16.1. The van der Waals surface area contributed by atoms with Crippen LogP contribution in [0.4, 0.5) is 4.79 Å². The van der Waals surface area contributed by atoms with Crippen LogP contribution in [0.15, 0.2) is 42.5 Å². The van der Waals surface area contributed by atoms with Gasteiger partial charge in [0.1, 0.15) is 6.10 Å². The molecule has 0 aliphatic carbocycles. The van der Waals surface area contributed by atoms with Crippen molar-refractivity contribution in [3.8, 4) is 0 Å². The molecule has 1 saturated heterocycles. The van der Waals surface area contributed by atoms with E-state index in [1.165, 1.54) is 11.9 Å². The summed E-state index contributed by atoms with van der Waals surface area (Å²) < 4.78 is 11.8. The summed E-state index contributed by atoms with van der Waals surface area (Å²) in [5.74, 6) is 0.349. The molecule has 37 heavy (non-hydrogen) atoms. The monoisotopic (exact) mass is 531 g/mol. The Morgan fingerprint density at radius 3 is 2.76 bits per heavy atom. The van der Waals surface area contributed by atoms with E-state index in [1.807, 2.05) is 50.4 Å². The van der Waals surface area contributed by atoms with Gasteiger partial charge in [0.25, 0.3) is 5.91 Å². The van der Waals surface area contributed by atoms with Crippen LogP contribution >= 0.6 is 11.6 Å². The molecule has 9 heteroatoms. The second-order valence-corrected chi connectivity index (χ2v) is 10.0. The number of hydrogen-bond donors (Lipinski definition) is 3. The maximum Gasteiger partial charge on any atom is 0.407 e. The third-order valence-electron chi connectivity index (χ3n) is 6.80. The summed E-state index contributed by atoms with van der Waals surface area (Å²) in [6.45, 7) is 4.49. The van der Waals surface area contributed by atoms with E-state index in [-0.39, 0.29) is 25.1 Å². The molecule has 0 radical (unpaired) electrons. The van der Waals surface area contributed by atoms with Crippen molar-refractivity contribution in [2.75, 3.05) is 47.0 Å². The van der Waals surface area contributed by atoms with E-state index in [0.717, 1.165) is 49.2 Å². The first-order valence-electron chi connectivity index (χ1n) is 12.7. The number of nitrogens with one attached hydrogen (secondary N) is 2. The van der Waals surface area contributed by atoms with Crippen molar-refractivity contribution < 1.29 is 24.2 Å². The predicted molar refractivity (Wildman–Crippen MR) is 144 cm³/mol. The Morgan fingerprint density at radius 2 is 2.08 bits per heavy atom. The maximum atomic E-state index is 13.1. The number of likely N-dealkylation sites (N-methyl/N-ethyl adjacent to an activating group) is 2. The number of halogens is 1. The fraction of sp³-hybridized carbons (Fsp3) is 0.500. The molecular formula is C28H38ClN3O5. The number of carboxylic acid groups (broad SMARTS) is 1. The van der Waals surface area contributed by atoms with Gasteiger partial charge >= 0.3 is 6.09 Å². The highest BCUT2D eigenvalue weighted by Crippen LogP contribution is 2.31. The van der Waals surface area contributed by atoms with Gasteiger partial charge in [-0.2, -0.15) is 0 Å². The van der Waals surface area contributed by atoms with Crippen LogP contribution < -0.4 is 10.6 Å². The zero-order valence-corrected chi connectivity index (χ0v) is 22.6. The lowest BCUT2D eigenvalue weighted by Gasteiger charge is -2.26. The second kappa shape index (κ2) is 14.3. The number of ether oxygens (including phenoxy) is 2. The molecule has 1 aliphatic rings. The largest absolute Gasteiger partial charge is 0.465 e. The summed E-state index contributed by atoms with van der Waals surface area (Å²) in [4.78, 5) is 25.5. The zero-order chi connectivity index (χ0) is 26.8. The quantitative estimate of drug-likeness (QED) is 0.373. The Hall–Kier alpha value is -2.65. The number of aryl methyl sites for hydroxylation is 1. The molecular weight excluding hydrogens is 494 g/mol. The molecule has 1 unspecified atom stereocenters. The van der Waals surface area contributed by atoms with Gasteiger partial charge in [-0.25, -0.2) is 4.79 Å². The van der Waals surface area contributed by atoms with Gasteiger partial charge in [-0.05, 0) is 80.1 Å². The summed E-state index contributed by atoms with van der Waals surface area (Å²) >= 11 is 6.26. The molecule has 3 rings (SSSR count).